The maximum atomic E-state index is 14.1. The number of benzene rings is 2. The van der Waals surface area contributed by atoms with Gasteiger partial charge < -0.3 is 30.0 Å². The summed E-state index contributed by atoms with van der Waals surface area (Å²) in [5.41, 5.74) is 5.94. The first-order valence-electron chi connectivity index (χ1n) is 12.3. The number of ether oxygens (including phenoxy) is 2. The Morgan fingerprint density at radius 2 is 1.84 bits per heavy atom. The largest absolute Gasteiger partial charge is 0.496 e. The van der Waals surface area contributed by atoms with Gasteiger partial charge in [-0.15, -0.1) is 0 Å². The molecule has 206 valence electrons. The number of aryl methyl sites for hydroxylation is 1. The Bertz CT molecular complexity index is 1360. The minimum atomic E-state index is -4.52. The number of fused-ring (bicyclic) bond motifs is 1. The Morgan fingerprint density at radius 3 is 2.47 bits per heavy atom. The van der Waals surface area contributed by atoms with Gasteiger partial charge in [-0.2, -0.15) is 13.2 Å². The monoisotopic (exact) mass is 551 g/mol. The number of nitrogens with two attached hydrogens (primary N) is 1. The van der Waals surface area contributed by atoms with Crippen LogP contribution in [0.5, 0.6) is 5.75 Å². The van der Waals surface area contributed by atoms with Gasteiger partial charge in [-0.3, -0.25) is 0 Å². The zero-order valence-corrected chi connectivity index (χ0v) is 22.8. The van der Waals surface area contributed by atoms with Crippen molar-refractivity contribution in [3.63, 3.8) is 0 Å². The van der Waals surface area contributed by atoms with E-state index in [9.17, 15) is 17.7 Å². The van der Waals surface area contributed by atoms with Crippen molar-refractivity contribution in [2.24, 2.45) is 0 Å². The van der Waals surface area contributed by atoms with Crippen molar-refractivity contribution in [3.05, 3.63) is 47.3 Å². The molecular formula is C26H33F3N5O3P. The van der Waals surface area contributed by atoms with E-state index >= 15 is 0 Å². The SMILES string of the molecule is COCCN1CCP(=O)(c2cc3c(N[C@H](C)c4cc(N)cc(C(F)(F)F)c4)nc(C)nc3cc2OC)CC1. The molecule has 1 aliphatic heterocycles. The number of nitrogens with zero attached hydrogens (tertiary/aromatic N) is 3. The van der Waals surface area contributed by atoms with E-state index in [0.29, 0.717) is 71.2 Å². The smallest absolute Gasteiger partial charge is 0.416 e. The fraction of sp³-hybridized carbons (Fsp3) is 0.462. The number of aromatic nitrogens is 2. The first-order chi connectivity index (χ1) is 17.9. The van der Waals surface area contributed by atoms with Gasteiger partial charge in [0, 0.05) is 56.2 Å². The third kappa shape index (κ3) is 6.06. The predicted molar refractivity (Wildman–Crippen MR) is 144 cm³/mol. The van der Waals surface area contributed by atoms with Crippen LogP contribution in [0.1, 0.15) is 29.9 Å². The van der Waals surface area contributed by atoms with Crippen LogP contribution < -0.4 is 21.1 Å². The standard InChI is InChI=1S/C26H33F3N5O3P/c1-16(18-11-19(26(27,28)29)13-20(30)12-18)31-25-21-14-24(23(37-4)15-22(21)32-17(2)33-25)38(35)9-6-34(7-10-38)5-8-36-3/h11-16H,5-10,30H2,1-4H3,(H,31,32,33)/t16-/m1/s1. The number of hydrogen-bond acceptors (Lipinski definition) is 8. The van der Waals surface area contributed by atoms with Crippen LogP contribution in [-0.4, -0.2) is 67.7 Å². The molecule has 2 aromatic carbocycles. The van der Waals surface area contributed by atoms with Crippen molar-refractivity contribution >= 4 is 34.9 Å². The Kier molecular flexibility index (Phi) is 8.20. The van der Waals surface area contributed by atoms with Crippen molar-refractivity contribution in [1.29, 1.82) is 0 Å². The summed E-state index contributed by atoms with van der Waals surface area (Å²) in [6.45, 7) is 6.24. The molecule has 0 saturated carbocycles. The highest BCUT2D eigenvalue weighted by Gasteiger charge is 2.34. The molecule has 0 amide bonds. The number of nitrogens with one attached hydrogen (secondary N) is 1. The minimum absolute atomic E-state index is 0.0224. The molecule has 0 unspecified atom stereocenters. The average molecular weight is 552 g/mol. The van der Waals surface area contributed by atoms with E-state index in [-0.39, 0.29) is 5.69 Å². The van der Waals surface area contributed by atoms with Crippen LogP contribution >= 0.6 is 7.14 Å². The highest BCUT2D eigenvalue weighted by Crippen LogP contribution is 2.49. The van der Waals surface area contributed by atoms with Crippen LogP contribution in [0, 0.1) is 6.92 Å². The summed E-state index contributed by atoms with van der Waals surface area (Å²) >= 11 is 0. The molecule has 1 fully saturated rings. The van der Waals surface area contributed by atoms with Crippen LogP contribution in [0.2, 0.25) is 0 Å². The van der Waals surface area contributed by atoms with Gasteiger partial charge >= 0.3 is 6.18 Å². The van der Waals surface area contributed by atoms with E-state index in [0.717, 1.165) is 18.7 Å². The Morgan fingerprint density at radius 1 is 1.13 bits per heavy atom. The highest BCUT2D eigenvalue weighted by molar-refractivity contribution is 7.72. The Hall–Kier alpha value is -2.88. The quantitative estimate of drug-likeness (QED) is 0.308. The van der Waals surface area contributed by atoms with Crippen molar-refractivity contribution in [2.75, 3.05) is 63.8 Å². The molecule has 3 N–H and O–H groups in total. The van der Waals surface area contributed by atoms with Crippen LogP contribution in [0.3, 0.4) is 0 Å². The van der Waals surface area contributed by atoms with Gasteiger partial charge in [-0.1, -0.05) is 0 Å². The van der Waals surface area contributed by atoms with E-state index in [1.807, 2.05) is 6.07 Å². The van der Waals surface area contributed by atoms with Gasteiger partial charge in [0.2, 0.25) is 0 Å². The fourth-order valence-corrected chi connectivity index (χ4v) is 7.59. The molecule has 0 radical (unpaired) electrons. The molecule has 1 saturated heterocycles. The molecule has 38 heavy (non-hydrogen) atoms. The molecule has 1 aromatic heterocycles. The highest BCUT2D eigenvalue weighted by atomic mass is 31.2. The lowest BCUT2D eigenvalue weighted by atomic mass is 10.0. The molecule has 0 bridgehead atoms. The number of methoxy groups -OCH3 is 2. The van der Waals surface area contributed by atoms with Crippen molar-refractivity contribution in [1.82, 2.24) is 14.9 Å². The zero-order valence-electron chi connectivity index (χ0n) is 21.9. The zero-order chi connectivity index (χ0) is 27.7. The Labute approximate surface area is 220 Å². The third-order valence-electron chi connectivity index (χ3n) is 6.87. The second-order valence-corrected chi connectivity index (χ2v) is 12.7. The Balaban J connectivity index is 1.71. The lowest BCUT2D eigenvalue weighted by molar-refractivity contribution is -0.137. The van der Waals surface area contributed by atoms with Gasteiger partial charge in [0.1, 0.15) is 24.5 Å². The summed E-state index contributed by atoms with van der Waals surface area (Å²) in [5, 5.41) is 4.48. The third-order valence-corrected chi connectivity index (χ3v) is 9.94. The summed E-state index contributed by atoms with van der Waals surface area (Å²) in [6, 6.07) is 6.52. The van der Waals surface area contributed by atoms with E-state index in [2.05, 4.69) is 20.2 Å². The van der Waals surface area contributed by atoms with Gasteiger partial charge in [0.25, 0.3) is 0 Å². The first kappa shape index (κ1) is 28.1. The van der Waals surface area contributed by atoms with Crippen LogP contribution in [0.25, 0.3) is 10.9 Å². The number of halogens is 3. The van der Waals surface area contributed by atoms with Gasteiger partial charge in [-0.05, 0) is 43.7 Å². The van der Waals surface area contributed by atoms with Crippen molar-refractivity contribution in [2.45, 2.75) is 26.1 Å². The number of anilines is 2. The molecule has 4 rings (SSSR count). The molecule has 12 heteroatoms. The van der Waals surface area contributed by atoms with Gasteiger partial charge in [0.15, 0.2) is 0 Å². The number of rotatable bonds is 8. The maximum absolute atomic E-state index is 14.1. The topological polar surface area (TPSA) is 103 Å². The van der Waals surface area contributed by atoms with E-state index < -0.39 is 24.9 Å². The average Bonchev–Trinajstić information content (AvgIpc) is 2.86. The van der Waals surface area contributed by atoms with Crippen LogP contribution in [-0.2, 0) is 15.5 Å². The number of hydrogen-bond donors (Lipinski definition) is 2. The molecule has 3 aromatic rings. The molecule has 2 heterocycles. The van der Waals surface area contributed by atoms with Gasteiger partial charge in [0.05, 0.1) is 36.1 Å². The maximum Gasteiger partial charge on any atom is 0.416 e. The summed E-state index contributed by atoms with van der Waals surface area (Å²) in [4.78, 5) is 11.3. The predicted octanol–water partition coefficient (Wildman–Crippen LogP) is 4.67. The van der Waals surface area contributed by atoms with E-state index in [4.69, 9.17) is 15.2 Å². The summed E-state index contributed by atoms with van der Waals surface area (Å²) in [5.74, 6) is 1.42. The summed E-state index contributed by atoms with van der Waals surface area (Å²) in [7, 11) is 0.419. The molecule has 1 atom stereocenters. The van der Waals surface area contributed by atoms with Crippen molar-refractivity contribution in [3.8, 4) is 5.75 Å². The normalized spacial score (nSPS) is 16.9. The number of nitrogen functional groups attached to an aromatic ring is 1. The van der Waals surface area contributed by atoms with E-state index in [1.165, 1.54) is 6.07 Å². The van der Waals surface area contributed by atoms with Crippen LogP contribution in [0.15, 0.2) is 30.3 Å². The molecule has 1 aliphatic rings. The summed E-state index contributed by atoms with van der Waals surface area (Å²) < 4.78 is 65.1. The van der Waals surface area contributed by atoms with Gasteiger partial charge in [-0.25, -0.2) is 9.97 Å². The second kappa shape index (κ2) is 11.1. The molecule has 8 nitrogen and oxygen atoms in total. The lowest BCUT2D eigenvalue weighted by Crippen LogP contribution is -2.39. The van der Waals surface area contributed by atoms with E-state index in [1.54, 1.807) is 34.1 Å². The minimum Gasteiger partial charge on any atom is -0.496 e. The first-order valence-corrected chi connectivity index (χ1v) is 14.4. The van der Waals surface area contributed by atoms with Crippen molar-refractivity contribution < 1.29 is 27.2 Å². The fourth-order valence-electron chi connectivity index (χ4n) is 4.75. The second-order valence-electron chi connectivity index (χ2n) is 9.58. The molecule has 0 aliphatic carbocycles. The molecule has 0 spiro atoms. The molecular weight excluding hydrogens is 518 g/mol. The lowest BCUT2D eigenvalue weighted by Gasteiger charge is -2.33. The number of alkyl halides is 3. The summed E-state index contributed by atoms with van der Waals surface area (Å²) in [6.07, 6.45) is -3.50. The van der Waals surface area contributed by atoms with Crippen LogP contribution in [0.4, 0.5) is 24.7 Å².